The number of benzene rings is 1. The van der Waals surface area contributed by atoms with Crippen LogP contribution in [-0.2, 0) is 28.7 Å². The first-order valence-corrected chi connectivity index (χ1v) is 14.7. The van der Waals surface area contributed by atoms with Crippen molar-refractivity contribution in [2.45, 2.75) is 57.9 Å². The fourth-order valence-corrected chi connectivity index (χ4v) is 5.51. The second-order valence-corrected chi connectivity index (χ2v) is 10.9. The lowest BCUT2D eigenvalue weighted by molar-refractivity contribution is -0.141. The monoisotopic (exact) mass is 652 g/mol. The smallest absolute Gasteiger partial charge is 0.426 e. The highest BCUT2D eigenvalue weighted by molar-refractivity contribution is 6.00. The molecule has 0 bridgehead atoms. The molecule has 0 unspecified atom stereocenters. The van der Waals surface area contributed by atoms with E-state index in [4.69, 9.17) is 15.7 Å². The third kappa shape index (κ3) is 6.72. The Morgan fingerprint density at radius 3 is 2.66 bits per heavy atom. The fourth-order valence-electron chi connectivity index (χ4n) is 5.51. The number of amides is 2. The number of imidazole rings is 1. The lowest BCUT2D eigenvalue weighted by atomic mass is 10.0. The van der Waals surface area contributed by atoms with Crippen LogP contribution in [-0.4, -0.2) is 72.5 Å². The van der Waals surface area contributed by atoms with Crippen molar-refractivity contribution >= 4 is 35.4 Å². The summed E-state index contributed by atoms with van der Waals surface area (Å²) in [5.41, 5.74) is 5.41. The third-order valence-corrected chi connectivity index (χ3v) is 7.81. The number of ether oxygens (including phenoxy) is 1. The molecule has 246 valence electrons. The SMILES string of the molecule is CCc1c(C(=O)N[C@H](C)C(=O)N2CCC(N)CC2)ccc(Nc2nccn3c(-c4cn(CC#N)nc4C(F)(F)F)cnc23)c1OC=O. The van der Waals surface area contributed by atoms with Gasteiger partial charge in [-0.25, -0.2) is 9.97 Å². The Morgan fingerprint density at radius 2 is 2.00 bits per heavy atom. The second kappa shape index (κ2) is 13.5. The van der Waals surface area contributed by atoms with Crippen molar-refractivity contribution in [2.24, 2.45) is 5.73 Å². The van der Waals surface area contributed by atoms with Crippen LogP contribution in [0.4, 0.5) is 24.7 Å². The number of aromatic nitrogens is 5. The van der Waals surface area contributed by atoms with Crippen molar-refractivity contribution < 1.29 is 32.3 Å². The summed E-state index contributed by atoms with van der Waals surface area (Å²) < 4.78 is 49.1. The molecular weight excluding hydrogens is 621 g/mol. The summed E-state index contributed by atoms with van der Waals surface area (Å²) in [6.07, 6.45) is 1.91. The summed E-state index contributed by atoms with van der Waals surface area (Å²) >= 11 is 0. The first kappa shape index (κ1) is 32.9. The Balaban J connectivity index is 1.45. The highest BCUT2D eigenvalue weighted by Gasteiger charge is 2.38. The molecule has 1 aliphatic rings. The number of nitrogens with two attached hydrogens (primary N) is 1. The number of fused-ring (bicyclic) bond motifs is 1. The summed E-state index contributed by atoms with van der Waals surface area (Å²) in [4.78, 5) is 48.1. The topological polar surface area (TPSA) is 186 Å². The molecule has 1 saturated heterocycles. The predicted molar refractivity (Wildman–Crippen MR) is 161 cm³/mol. The number of likely N-dealkylation sites (tertiary alicyclic amines) is 1. The molecule has 47 heavy (non-hydrogen) atoms. The lowest BCUT2D eigenvalue weighted by Crippen LogP contribution is -2.51. The molecule has 0 spiro atoms. The van der Waals surface area contributed by atoms with Crippen LogP contribution in [0.15, 0.2) is 36.9 Å². The maximum absolute atomic E-state index is 13.8. The zero-order valence-corrected chi connectivity index (χ0v) is 25.4. The normalized spacial score (nSPS) is 14.4. The van der Waals surface area contributed by atoms with Gasteiger partial charge in [-0.3, -0.25) is 23.5 Å². The minimum Gasteiger partial charge on any atom is -0.426 e. The number of halogens is 3. The number of piperidine rings is 1. The molecule has 17 heteroatoms. The molecule has 2 amide bonds. The van der Waals surface area contributed by atoms with Crippen LogP contribution in [0.5, 0.6) is 5.75 Å². The van der Waals surface area contributed by atoms with Gasteiger partial charge in [-0.05, 0) is 38.3 Å². The molecule has 14 nitrogen and oxygen atoms in total. The summed E-state index contributed by atoms with van der Waals surface area (Å²) in [5, 5.41) is 18.2. The molecule has 5 rings (SSSR count). The Labute approximate surface area is 266 Å². The molecule has 0 aliphatic carbocycles. The average molecular weight is 653 g/mol. The number of nitrogens with one attached hydrogen (secondary N) is 2. The number of carbonyl (C=O) groups is 3. The standard InChI is InChI=1S/C30H31F3N10O4/c1-3-19-20(28(45)38-17(2)29(46)41-10-6-18(35)7-11-41)4-5-22(24(19)47-16-44)39-26-27-37-14-23(43(27)13-9-36-26)21-15-42(12-8-34)40-25(21)30(31,32)33/h4-5,9,13-18H,3,6-7,10-12,35H2,1-2H3,(H,36,39)(H,38,45)/t17-/m1/s1. The van der Waals surface area contributed by atoms with Crippen LogP contribution >= 0.6 is 0 Å². The number of anilines is 2. The van der Waals surface area contributed by atoms with Crippen LogP contribution in [0, 0.1) is 11.3 Å². The number of nitriles is 1. The van der Waals surface area contributed by atoms with Gasteiger partial charge >= 0.3 is 6.18 Å². The van der Waals surface area contributed by atoms with E-state index in [1.807, 2.05) is 0 Å². The van der Waals surface area contributed by atoms with Gasteiger partial charge in [-0.15, -0.1) is 0 Å². The van der Waals surface area contributed by atoms with Gasteiger partial charge in [0.25, 0.3) is 12.4 Å². The van der Waals surface area contributed by atoms with Crippen LogP contribution in [0.2, 0.25) is 0 Å². The molecule has 1 aromatic carbocycles. The highest BCUT2D eigenvalue weighted by atomic mass is 19.4. The molecule has 3 aromatic heterocycles. The van der Waals surface area contributed by atoms with Crippen molar-refractivity contribution in [3.05, 3.63) is 53.7 Å². The molecule has 0 saturated carbocycles. The summed E-state index contributed by atoms with van der Waals surface area (Å²) in [7, 11) is 0. The van der Waals surface area contributed by atoms with E-state index in [9.17, 15) is 27.6 Å². The predicted octanol–water partition coefficient (Wildman–Crippen LogP) is 3.04. The summed E-state index contributed by atoms with van der Waals surface area (Å²) in [6.45, 7) is 4.18. The largest absolute Gasteiger partial charge is 0.435 e. The van der Waals surface area contributed by atoms with Crippen molar-refractivity contribution in [3.63, 3.8) is 0 Å². The minimum absolute atomic E-state index is 0.0202. The molecule has 0 radical (unpaired) electrons. The number of nitrogens with zero attached hydrogens (tertiary/aromatic N) is 7. The van der Waals surface area contributed by atoms with Gasteiger partial charge in [-0.1, -0.05) is 6.92 Å². The summed E-state index contributed by atoms with van der Waals surface area (Å²) in [5.74, 6) is -0.655. The third-order valence-electron chi connectivity index (χ3n) is 7.81. The first-order valence-electron chi connectivity index (χ1n) is 14.7. The van der Waals surface area contributed by atoms with Crippen LogP contribution in [0.3, 0.4) is 0 Å². The molecule has 1 fully saturated rings. The molecule has 1 atom stereocenters. The minimum atomic E-state index is -4.80. The maximum atomic E-state index is 13.8. The van der Waals surface area contributed by atoms with Gasteiger partial charge in [0.15, 0.2) is 22.9 Å². The Kier molecular flexibility index (Phi) is 9.42. The van der Waals surface area contributed by atoms with E-state index in [1.54, 1.807) is 24.8 Å². The van der Waals surface area contributed by atoms with Crippen molar-refractivity contribution in [2.75, 3.05) is 18.4 Å². The van der Waals surface area contributed by atoms with E-state index in [0.29, 0.717) is 31.5 Å². The Hall–Kier alpha value is -5.50. The van der Waals surface area contributed by atoms with Crippen LogP contribution in [0.1, 0.15) is 48.3 Å². The van der Waals surface area contributed by atoms with Crippen molar-refractivity contribution in [1.29, 1.82) is 5.26 Å². The van der Waals surface area contributed by atoms with E-state index < -0.39 is 23.8 Å². The maximum Gasteiger partial charge on any atom is 0.435 e. The lowest BCUT2D eigenvalue weighted by Gasteiger charge is -2.32. The van der Waals surface area contributed by atoms with Gasteiger partial charge < -0.3 is 26.0 Å². The van der Waals surface area contributed by atoms with Crippen LogP contribution < -0.4 is 21.1 Å². The first-order chi connectivity index (χ1) is 22.5. The van der Waals surface area contributed by atoms with Crippen LogP contribution in [0.25, 0.3) is 16.9 Å². The Morgan fingerprint density at radius 1 is 1.26 bits per heavy atom. The van der Waals surface area contributed by atoms with E-state index in [-0.39, 0.29) is 71.1 Å². The van der Waals surface area contributed by atoms with Gasteiger partial charge in [0.1, 0.15) is 12.6 Å². The van der Waals surface area contributed by atoms with Gasteiger partial charge in [-0.2, -0.15) is 23.5 Å². The number of rotatable bonds is 10. The Bertz CT molecular complexity index is 1850. The van der Waals surface area contributed by atoms with Gasteiger partial charge in [0.05, 0.1) is 29.2 Å². The zero-order chi connectivity index (χ0) is 33.9. The quantitative estimate of drug-likeness (QED) is 0.215. The number of alkyl halides is 3. The summed E-state index contributed by atoms with van der Waals surface area (Å²) in [6, 6.07) is 3.97. The highest BCUT2D eigenvalue weighted by Crippen LogP contribution is 2.38. The fraction of sp³-hybridized carbons (Fsp3) is 0.367. The second-order valence-electron chi connectivity index (χ2n) is 10.9. The molecule has 4 N–H and O–H groups in total. The van der Waals surface area contributed by atoms with E-state index in [0.717, 1.165) is 10.9 Å². The van der Waals surface area contributed by atoms with Gasteiger partial charge in [0.2, 0.25) is 5.91 Å². The zero-order valence-electron chi connectivity index (χ0n) is 25.4. The van der Waals surface area contributed by atoms with E-state index in [2.05, 4.69) is 25.7 Å². The molecule has 1 aliphatic heterocycles. The van der Waals surface area contributed by atoms with Gasteiger partial charge in [0, 0.05) is 48.8 Å². The molecule has 4 aromatic rings. The number of carbonyl (C=O) groups excluding carboxylic acids is 3. The molecule has 4 heterocycles. The van der Waals surface area contributed by atoms with Crippen molar-refractivity contribution in [1.82, 2.24) is 34.4 Å². The van der Waals surface area contributed by atoms with E-state index in [1.165, 1.54) is 35.1 Å². The average Bonchev–Trinajstić information content (AvgIpc) is 3.67. The number of hydrogen-bond acceptors (Lipinski definition) is 10. The molecular formula is C30H31F3N10O4. The number of hydrogen-bond donors (Lipinski definition) is 3. The van der Waals surface area contributed by atoms with Crippen molar-refractivity contribution in [3.8, 4) is 23.1 Å². The van der Waals surface area contributed by atoms with E-state index >= 15 is 0 Å².